The molecule has 2 unspecified atom stereocenters. The third-order valence-electron chi connectivity index (χ3n) is 4.46. The second-order valence-corrected chi connectivity index (χ2v) is 5.47. The van der Waals surface area contributed by atoms with E-state index in [0.29, 0.717) is 6.04 Å². The molecule has 15 heavy (non-hydrogen) atoms. The number of rotatable bonds is 2. The number of hydrogen-bond acceptors (Lipinski definition) is 2. The van der Waals surface area contributed by atoms with Gasteiger partial charge in [0.2, 0.25) is 0 Å². The Hall–Kier alpha value is -0.0800. The quantitative estimate of drug-likeness (QED) is 0.735. The summed E-state index contributed by atoms with van der Waals surface area (Å²) in [5.41, 5.74) is -0.383. The summed E-state index contributed by atoms with van der Waals surface area (Å²) in [7, 11) is 0. The van der Waals surface area contributed by atoms with Gasteiger partial charge in [0.25, 0.3) is 0 Å². The van der Waals surface area contributed by atoms with Gasteiger partial charge in [-0.2, -0.15) is 0 Å². The summed E-state index contributed by atoms with van der Waals surface area (Å²) in [4.78, 5) is 0. The second-order valence-electron chi connectivity index (χ2n) is 5.47. The average Bonchev–Trinajstić information content (AvgIpc) is 2.30. The lowest BCUT2D eigenvalue weighted by Gasteiger charge is -2.43. The fourth-order valence-electron chi connectivity index (χ4n) is 3.29. The molecule has 2 fully saturated rings. The van der Waals surface area contributed by atoms with Crippen molar-refractivity contribution >= 4 is 0 Å². The molecule has 0 amide bonds. The van der Waals surface area contributed by atoms with Gasteiger partial charge in [0.15, 0.2) is 0 Å². The highest BCUT2D eigenvalue weighted by molar-refractivity contribution is 4.96. The van der Waals surface area contributed by atoms with Gasteiger partial charge in [0.05, 0.1) is 5.60 Å². The first-order valence-electron chi connectivity index (χ1n) is 6.70. The molecule has 2 rings (SSSR count). The molecule has 2 nitrogen and oxygen atoms in total. The monoisotopic (exact) mass is 211 g/mol. The summed E-state index contributed by atoms with van der Waals surface area (Å²) in [6, 6.07) is 0.372. The van der Waals surface area contributed by atoms with Gasteiger partial charge < -0.3 is 10.4 Å². The van der Waals surface area contributed by atoms with Gasteiger partial charge in [0.1, 0.15) is 0 Å². The molecule has 2 aliphatic rings. The molecule has 2 N–H and O–H groups in total. The maximum Gasteiger partial charge on any atom is 0.0800 e. The van der Waals surface area contributed by atoms with E-state index in [1.807, 2.05) is 0 Å². The fraction of sp³-hybridized carbons (Fsp3) is 1.00. The Kier molecular flexibility index (Phi) is 3.68. The fourth-order valence-corrected chi connectivity index (χ4v) is 3.29. The normalized spacial score (nSPS) is 36.4. The van der Waals surface area contributed by atoms with Gasteiger partial charge in [-0.15, -0.1) is 0 Å². The molecular formula is C13H25NO. The molecule has 0 aromatic carbocycles. The van der Waals surface area contributed by atoms with Crippen molar-refractivity contribution in [2.45, 2.75) is 69.9 Å². The third kappa shape index (κ3) is 2.54. The van der Waals surface area contributed by atoms with Crippen LogP contribution in [0.3, 0.4) is 0 Å². The summed E-state index contributed by atoms with van der Waals surface area (Å²) in [5, 5.41) is 14.2. The Bertz CT molecular complexity index is 199. The van der Waals surface area contributed by atoms with Crippen molar-refractivity contribution in [3.63, 3.8) is 0 Å². The van der Waals surface area contributed by atoms with E-state index < -0.39 is 0 Å². The second kappa shape index (κ2) is 4.84. The van der Waals surface area contributed by atoms with Gasteiger partial charge in [-0.05, 0) is 38.1 Å². The molecule has 88 valence electrons. The van der Waals surface area contributed by atoms with Crippen molar-refractivity contribution in [1.82, 2.24) is 5.32 Å². The summed E-state index contributed by atoms with van der Waals surface area (Å²) in [6.07, 6.45) is 9.52. The van der Waals surface area contributed by atoms with Crippen LogP contribution in [-0.4, -0.2) is 23.3 Å². The van der Waals surface area contributed by atoms with Crippen LogP contribution in [0.15, 0.2) is 0 Å². The molecule has 0 aromatic rings. The highest BCUT2D eigenvalue weighted by Crippen LogP contribution is 2.35. The lowest BCUT2D eigenvalue weighted by molar-refractivity contribution is -0.0437. The van der Waals surface area contributed by atoms with Crippen molar-refractivity contribution in [3.05, 3.63) is 0 Å². The van der Waals surface area contributed by atoms with Crippen LogP contribution < -0.4 is 5.32 Å². The predicted octanol–water partition coefficient (Wildman–Crippen LogP) is 2.46. The van der Waals surface area contributed by atoms with Crippen LogP contribution in [0.5, 0.6) is 0 Å². The van der Waals surface area contributed by atoms with E-state index in [0.717, 1.165) is 25.3 Å². The molecule has 1 aliphatic heterocycles. The van der Waals surface area contributed by atoms with Gasteiger partial charge in [-0.25, -0.2) is 0 Å². The van der Waals surface area contributed by atoms with E-state index in [4.69, 9.17) is 0 Å². The number of piperidine rings is 1. The maximum absolute atomic E-state index is 10.6. The topological polar surface area (TPSA) is 32.3 Å². The Morgan fingerprint density at radius 3 is 2.67 bits per heavy atom. The lowest BCUT2D eigenvalue weighted by atomic mass is 9.74. The van der Waals surface area contributed by atoms with Crippen molar-refractivity contribution in [2.75, 3.05) is 6.54 Å². The Morgan fingerprint density at radius 2 is 2.00 bits per heavy atom. The van der Waals surface area contributed by atoms with E-state index >= 15 is 0 Å². The zero-order valence-corrected chi connectivity index (χ0v) is 9.97. The van der Waals surface area contributed by atoms with Gasteiger partial charge >= 0.3 is 0 Å². The number of nitrogens with one attached hydrogen (secondary N) is 1. The zero-order valence-electron chi connectivity index (χ0n) is 9.97. The highest BCUT2D eigenvalue weighted by Gasteiger charge is 2.39. The van der Waals surface area contributed by atoms with Crippen LogP contribution in [0.25, 0.3) is 0 Å². The number of hydrogen-bond donors (Lipinski definition) is 2. The summed E-state index contributed by atoms with van der Waals surface area (Å²) >= 11 is 0. The standard InChI is InChI=1S/C13H25NO/c1-2-11-6-9-14-12(10-11)13(15)7-4-3-5-8-13/h11-12,14-15H,2-10H2,1H3. The Morgan fingerprint density at radius 1 is 1.27 bits per heavy atom. The van der Waals surface area contributed by atoms with Crippen LogP contribution in [0.2, 0.25) is 0 Å². The first-order chi connectivity index (χ1) is 7.24. The predicted molar refractivity (Wildman–Crippen MR) is 62.8 cm³/mol. The van der Waals surface area contributed by atoms with Crippen molar-refractivity contribution in [1.29, 1.82) is 0 Å². The third-order valence-corrected chi connectivity index (χ3v) is 4.46. The molecule has 1 saturated heterocycles. The Labute approximate surface area is 93.5 Å². The minimum absolute atomic E-state index is 0.372. The van der Waals surface area contributed by atoms with Crippen molar-refractivity contribution in [2.24, 2.45) is 5.92 Å². The summed E-state index contributed by atoms with van der Waals surface area (Å²) < 4.78 is 0. The van der Waals surface area contributed by atoms with E-state index in [-0.39, 0.29) is 5.60 Å². The van der Waals surface area contributed by atoms with Crippen LogP contribution in [0.4, 0.5) is 0 Å². The molecule has 0 radical (unpaired) electrons. The van der Waals surface area contributed by atoms with E-state index in [9.17, 15) is 5.11 Å². The van der Waals surface area contributed by atoms with Crippen LogP contribution >= 0.6 is 0 Å². The maximum atomic E-state index is 10.6. The molecule has 0 spiro atoms. The number of aliphatic hydroxyl groups is 1. The van der Waals surface area contributed by atoms with Crippen molar-refractivity contribution in [3.8, 4) is 0 Å². The average molecular weight is 211 g/mol. The largest absolute Gasteiger partial charge is 0.388 e. The van der Waals surface area contributed by atoms with Crippen LogP contribution in [0, 0.1) is 5.92 Å². The lowest BCUT2D eigenvalue weighted by Crippen LogP contribution is -2.55. The first kappa shape index (κ1) is 11.4. The SMILES string of the molecule is CCC1CCNC(C2(O)CCCCC2)C1. The van der Waals surface area contributed by atoms with Gasteiger partial charge in [-0.1, -0.05) is 32.6 Å². The van der Waals surface area contributed by atoms with Crippen molar-refractivity contribution < 1.29 is 5.11 Å². The minimum Gasteiger partial charge on any atom is -0.388 e. The minimum atomic E-state index is -0.383. The molecular weight excluding hydrogens is 186 g/mol. The molecule has 1 saturated carbocycles. The van der Waals surface area contributed by atoms with E-state index in [1.54, 1.807) is 0 Å². The molecule has 1 heterocycles. The molecule has 2 heteroatoms. The Balaban J connectivity index is 1.95. The van der Waals surface area contributed by atoms with Gasteiger partial charge in [-0.3, -0.25) is 0 Å². The first-order valence-corrected chi connectivity index (χ1v) is 6.70. The van der Waals surface area contributed by atoms with Crippen LogP contribution in [-0.2, 0) is 0 Å². The van der Waals surface area contributed by atoms with Gasteiger partial charge in [0, 0.05) is 6.04 Å². The summed E-state index contributed by atoms with van der Waals surface area (Å²) in [6.45, 7) is 3.38. The van der Waals surface area contributed by atoms with E-state index in [1.165, 1.54) is 38.5 Å². The molecule has 0 bridgehead atoms. The smallest absolute Gasteiger partial charge is 0.0800 e. The molecule has 1 aliphatic carbocycles. The molecule has 2 atom stereocenters. The molecule has 0 aromatic heterocycles. The summed E-state index contributed by atoms with van der Waals surface area (Å²) in [5.74, 6) is 0.835. The highest BCUT2D eigenvalue weighted by atomic mass is 16.3. The van der Waals surface area contributed by atoms with E-state index in [2.05, 4.69) is 12.2 Å². The van der Waals surface area contributed by atoms with Crippen LogP contribution in [0.1, 0.15) is 58.3 Å². The zero-order chi connectivity index (χ0) is 10.7.